The minimum Gasteiger partial charge on any atom is -0.449 e. The van der Waals surface area contributed by atoms with Gasteiger partial charge in [0.25, 0.3) is 0 Å². The Balaban J connectivity index is 1.43. The minimum atomic E-state index is -0.225. The summed E-state index contributed by atoms with van der Waals surface area (Å²) in [5.74, 6) is 3.04. The van der Waals surface area contributed by atoms with Gasteiger partial charge in [-0.2, -0.15) is 0 Å². The second-order valence-electron chi connectivity index (χ2n) is 12.6. The Bertz CT molecular complexity index is 710. The SMILES string of the molecule is CC[C@H]1[C@@H](O)[C@@H]2[C@H](CC[C@]3(C)[C@@H](CCCOC(=O)N(CC)CC)CC[C@@H]23)[C@@]2(C)CC[C@@H](O)C[C@@H]12. The number of ether oxygens (including phenoxy) is 1. The number of aliphatic hydroxyl groups is 2. The number of nitrogens with zero attached hydrogens (tertiary/aromatic N) is 1. The molecule has 4 rings (SSSR count). The van der Waals surface area contributed by atoms with Crippen molar-refractivity contribution >= 4 is 6.09 Å². The summed E-state index contributed by atoms with van der Waals surface area (Å²) >= 11 is 0. The van der Waals surface area contributed by atoms with Gasteiger partial charge in [-0.15, -0.1) is 0 Å². The first-order chi connectivity index (χ1) is 16.2. The van der Waals surface area contributed by atoms with Gasteiger partial charge in [-0.1, -0.05) is 27.2 Å². The van der Waals surface area contributed by atoms with E-state index in [-0.39, 0.29) is 23.7 Å². The molecule has 34 heavy (non-hydrogen) atoms. The zero-order chi connectivity index (χ0) is 24.7. The van der Waals surface area contributed by atoms with Crippen LogP contribution in [-0.2, 0) is 4.74 Å². The maximum atomic E-state index is 12.2. The maximum absolute atomic E-state index is 12.2. The normalized spacial score (nSPS) is 45.7. The zero-order valence-corrected chi connectivity index (χ0v) is 22.5. The van der Waals surface area contributed by atoms with Crippen LogP contribution < -0.4 is 0 Å². The molecule has 196 valence electrons. The Hall–Kier alpha value is -0.810. The number of aliphatic hydroxyl groups excluding tert-OH is 2. The molecule has 4 aliphatic carbocycles. The molecule has 4 saturated carbocycles. The van der Waals surface area contributed by atoms with E-state index in [0.29, 0.717) is 60.6 Å². The molecule has 0 bridgehead atoms. The van der Waals surface area contributed by atoms with Crippen LogP contribution in [0.3, 0.4) is 0 Å². The highest BCUT2D eigenvalue weighted by atomic mass is 16.6. The smallest absolute Gasteiger partial charge is 0.409 e. The lowest BCUT2D eigenvalue weighted by Crippen LogP contribution is -2.62. The Morgan fingerprint density at radius 3 is 2.29 bits per heavy atom. The highest BCUT2D eigenvalue weighted by molar-refractivity contribution is 5.67. The van der Waals surface area contributed by atoms with Gasteiger partial charge in [-0.25, -0.2) is 4.79 Å². The van der Waals surface area contributed by atoms with E-state index in [1.807, 2.05) is 13.8 Å². The van der Waals surface area contributed by atoms with Crippen molar-refractivity contribution in [2.45, 2.75) is 111 Å². The van der Waals surface area contributed by atoms with Crippen molar-refractivity contribution in [2.75, 3.05) is 19.7 Å². The highest BCUT2D eigenvalue weighted by Crippen LogP contribution is 2.69. The summed E-state index contributed by atoms with van der Waals surface area (Å²) in [5.41, 5.74) is 0.558. The Kier molecular flexibility index (Phi) is 7.94. The van der Waals surface area contributed by atoms with E-state index in [0.717, 1.165) is 38.5 Å². The van der Waals surface area contributed by atoms with Crippen molar-refractivity contribution in [2.24, 2.45) is 46.3 Å². The van der Waals surface area contributed by atoms with Gasteiger partial charge in [0.05, 0.1) is 18.8 Å². The van der Waals surface area contributed by atoms with Crippen molar-refractivity contribution in [1.82, 2.24) is 4.90 Å². The minimum absolute atomic E-state index is 0.183. The van der Waals surface area contributed by atoms with Crippen LogP contribution in [0.5, 0.6) is 0 Å². The van der Waals surface area contributed by atoms with Gasteiger partial charge in [-0.05, 0) is 118 Å². The van der Waals surface area contributed by atoms with Crippen molar-refractivity contribution in [1.29, 1.82) is 0 Å². The molecule has 0 aromatic heterocycles. The van der Waals surface area contributed by atoms with Gasteiger partial charge in [-0.3, -0.25) is 0 Å². The van der Waals surface area contributed by atoms with E-state index < -0.39 is 0 Å². The summed E-state index contributed by atoms with van der Waals surface area (Å²) < 4.78 is 5.55. The van der Waals surface area contributed by atoms with Crippen LogP contribution in [0.4, 0.5) is 4.79 Å². The molecule has 4 aliphatic rings. The summed E-state index contributed by atoms with van der Waals surface area (Å²) in [4.78, 5) is 13.9. The third-order valence-electron chi connectivity index (χ3n) is 11.5. The van der Waals surface area contributed by atoms with Gasteiger partial charge in [0.15, 0.2) is 0 Å². The predicted octanol–water partition coefficient (Wildman–Crippen LogP) is 5.87. The lowest BCUT2D eigenvalue weighted by molar-refractivity contribution is -0.202. The summed E-state index contributed by atoms with van der Waals surface area (Å²) in [6.45, 7) is 13.1. The third kappa shape index (κ3) is 4.31. The lowest BCUT2D eigenvalue weighted by atomic mass is 9.41. The molecule has 5 nitrogen and oxygen atoms in total. The largest absolute Gasteiger partial charge is 0.449 e. The van der Waals surface area contributed by atoms with E-state index in [1.54, 1.807) is 4.90 Å². The van der Waals surface area contributed by atoms with Crippen molar-refractivity contribution in [3.63, 3.8) is 0 Å². The predicted molar refractivity (Wildman–Crippen MR) is 135 cm³/mol. The molecule has 2 N–H and O–H groups in total. The number of fused-ring (bicyclic) bond motifs is 5. The fraction of sp³-hybridized carbons (Fsp3) is 0.966. The molecule has 0 aromatic carbocycles. The molecular formula is C29H51NO4. The van der Waals surface area contributed by atoms with Gasteiger partial charge in [0.1, 0.15) is 0 Å². The molecule has 0 aromatic rings. The van der Waals surface area contributed by atoms with Crippen LogP contribution in [0.25, 0.3) is 0 Å². The number of rotatable bonds is 7. The number of hydrogen-bond donors (Lipinski definition) is 2. The van der Waals surface area contributed by atoms with Crippen molar-refractivity contribution in [3.05, 3.63) is 0 Å². The van der Waals surface area contributed by atoms with Crippen molar-refractivity contribution in [3.8, 4) is 0 Å². The first-order valence-electron chi connectivity index (χ1n) is 14.5. The molecular weight excluding hydrogens is 426 g/mol. The summed E-state index contributed by atoms with van der Waals surface area (Å²) in [6, 6.07) is 0. The van der Waals surface area contributed by atoms with Gasteiger partial charge in [0.2, 0.25) is 0 Å². The molecule has 4 fully saturated rings. The summed E-state index contributed by atoms with van der Waals surface area (Å²) in [5, 5.41) is 22.2. The van der Waals surface area contributed by atoms with Crippen LogP contribution >= 0.6 is 0 Å². The molecule has 0 unspecified atom stereocenters. The van der Waals surface area contributed by atoms with Crippen LogP contribution in [0.15, 0.2) is 0 Å². The van der Waals surface area contributed by atoms with E-state index in [2.05, 4.69) is 20.8 Å². The average molecular weight is 478 g/mol. The molecule has 0 spiro atoms. The van der Waals surface area contributed by atoms with E-state index in [1.165, 1.54) is 25.7 Å². The van der Waals surface area contributed by atoms with E-state index in [9.17, 15) is 15.0 Å². The first-order valence-corrected chi connectivity index (χ1v) is 14.5. The highest BCUT2D eigenvalue weighted by Gasteiger charge is 2.64. The van der Waals surface area contributed by atoms with Crippen molar-refractivity contribution < 1.29 is 19.7 Å². The molecule has 1 amide bonds. The standard InChI is InChI=1S/C29H51NO4/c1-6-21-24-18-20(31)13-15-29(24,5)23-14-16-28(4)19(11-12-22(28)25(23)26(21)32)10-9-17-34-27(33)30(7-2)8-3/h19-26,31-32H,6-18H2,1-5H3/t19-,20+,21+,22-,23-,24-,25-,26+,28+,29+/m0/s1. The lowest BCUT2D eigenvalue weighted by Gasteiger charge is -2.64. The second-order valence-corrected chi connectivity index (χ2v) is 12.6. The second kappa shape index (κ2) is 10.3. The van der Waals surface area contributed by atoms with E-state index in [4.69, 9.17) is 4.74 Å². The molecule has 0 aliphatic heterocycles. The monoisotopic (exact) mass is 477 g/mol. The van der Waals surface area contributed by atoms with Crippen LogP contribution in [0, 0.1) is 46.3 Å². The number of hydrogen-bond acceptors (Lipinski definition) is 4. The first kappa shape index (κ1) is 26.3. The zero-order valence-electron chi connectivity index (χ0n) is 22.5. The fourth-order valence-electron chi connectivity index (χ4n) is 9.60. The molecule has 0 heterocycles. The topological polar surface area (TPSA) is 70.0 Å². The number of amides is 1. The van der Waals surface area contributed by atoms with Gasteiger partial charge >= 0.3 is 6.09 Å². The van der Waals surface area contributed by atoms with Crippen LogP contribution in [-0.4, -0.2) is 53.1 Å². The number of carbonyl (C=O) groups excluding carboxylic acids is 1. The molecule has 5 heteroatoms. The van der Waals surface area contributed by atoms with Crippen LogP contribution in [0.1, 0.15) is 98.8 Å². The maximum Gasteiger partial charge on any atom is 0.409 e. The Labute approximate surface area is 208 Å². The summed E-state index contributed by atoms with van der Waals surface area (Å²) in [6.07, 6.45) is 10.4. The summed E-state index contributed by atoms with van der Waals surface area (Å²) in [7, 11) is 0. The quantitative estimate of drug-likeness (QED) is 0.450. The van der Waals surface area contributed by atoms with Crippen LogP contribution in [0.2, 0.25) is 0 Å². The van der Waals surface area contributed by atoms with E-state index >= 15 is 0 Å². The fourth-order valence-corrected chi connectivity index (χ4v) is 9.60. The molecule has 0 radical (unpaired) electrons. The van der Waals surface area contributed by atoms with Gasteiger partial charge < -0.3 is 19.8 Å². The molecule has 0 saturated heterocycles. The number of carbonyl (C=O) groups is 1. The third-order valence-corrected chi connectivity index (χ3v) is 11.5. The molecule has 10 atom stereocenters. The van der Waals surface area contributed by atoms with Gasteiger partial charge in [0, 0.05) is 13.1 Å². The average Bonchev–Trinajstić information content (AvgIpc) is 3.15. The Morgan fingerprint density at radius 1 is 0.941 bits per heavy atom. The Morgan fingerprint density at radius 2 is 1.62 bits per heavy atom.